The lowest BCUT2D eigenvalue weighted by Gasteiger charge is -2.03. The van der Waals surface area contributed by atoms with Crippen LogP contribution < -0.4 is 0 Å². The molecule has 0 radical (unpaired) electrons. The number of rotatable bonds is 4. The molecule has 2 aromatic rings. The highest BCUT2D eigenvalue weighted by Crippen LogP contribution is 2.20. The number of hydrogen-bond acceptors (Lipinski definition) is 5. The average Bonchev–Trinajstić information content (AvgIpc) is 2.38. The van der Waals surface area contributed by atoms with Crippen molar-refractivity contribution in [2.45, 2.75) is 10.8 Å². The van der Waals surface area contributed by atoms with Gasteiger partial charge in [0.15, 0.2) is 0 Å². The minimum atomic E-state index is -1.01. The number of aromatic nitrogens is 3. The van der Waals surface area contributed by atoms with E-state index in [4.69, 9.17) is 5.11 Å². The zero-order chi connectivity index (χ0) is 12.1. The lowest BCUT2D eigenvalue weighted by atomic mass is 10.2. The maximum atomic E-state index is 10.9. The van der Waals surface area contributed by atoms with E-state index in [0.717, 1.165) is 5.03 Å². The summed E-state index contributed by atoms with van der Waals surface area (Å²) in [7, 11) is 0. The third-order valence-electron chi connectivity index (χ3n) is 2.02. The maximum Gasteiger partial charge on any atom is 0.339 e. The molecule has 0 saturated heterocycles. The molecule has 2 aromatic heterocycles. The monoisotopic (exact) mass is 247 g/mol. The molecular weight excluding hydrogens is 238 g/mol. The first-order chi connectivity index (χ1) is 8.27. The minimum Gasteiger partial charge on any atom is -0.478 e. The van der Waals surface area contributed by atoms with Crippen molar-refractivity contribution in [1.82, 2.24) is 15.0 Å². The van der Waals surface area contributed by atoms with Gasteiger partial charge in [0, 0.05) is 18.1 Å². The largest absolute Gasteiger partial charge is 0.478 e. The number of hydrogen-bond donors (Lipinski definition) is 1. The van der Waals surface area contributed by atoms with Crippen molar-refractivity contribution in [2.24, 2.45) is 0 Å². The van der Waals surface area contributed by atoms with Crippen molar-refractivity contribution >= 4 is 17.7 Å². The molecule has 1 N–H and O–H groups in total. The van der Waals surface area contributed by atoms with Gasteiger partial charge in [-0.1, -0.05) is 6.07 Å². The molecule has 2 rings (SSSR count). The molecule has 0 unspecified atom stereocenters. The first-order valence-corrected chi connectivity index (χ1v) is 5.82. The zero-order valence-corrected chi connectivity index (χ0v) is 9.59. The van der Waals surface area contributed by atoms with Crippen molar-refractivity contribution in [3.8, 4) is 0 Å². The van der Waals surface area contributed by atoms with Gasteiger partial charge < -0.3 is 5.11 Å². The number of nitrogens with zero attached hydrogens (tertiary/aromatic N) is 3. The van der Waals surface area contributed by atoms with Gasteiger partial charge in [0.25, 0.3) is 0 Å². The Morgan fingerprint density at radius 1 is 1.35 bits per heavy atom. The van der Waals surface area contributed by atoms with E-state index in [1.165, 1.54) is 24.3 Å². The maximum absolute atomic E-state index is 10.9. The predicted molar refractivity (Wildman–Crippen MR) is 62.8 cm³/mol. The minimum absolute atomic E-state index is 0.135. The number of thioether (sulfide) groups is 1. The fourth-order valence-corrected chi connectivity index (χ4v) is 2.05. The molecule has 6 heteroatoms. The van der Waals surface area contributed by atoms with Crippen LogP contribution in [0.3, 0.4) is 0 Å². The van der Waals surface area contributed by atoms with Crippen molar-refractivity contribution in [3.05, 3.63) is 48.2 Å². The molecular formula is C11H9N3O2S. The second kappa shape index (κ2) is 5.40. The van der Waals surface area contributed by atoms with Gasteiger partial charge in [-0.2, -0.15) is 0 Å². The summed E-state index contributed by atoms with van der Waals surface area (Å²) in [4.78, 5) is 22.7. The predicted octanol–water partition coefficient (Wildman–Crippen LogP) is 1.86. The lowest BCUT2D eigenvalue weighted by molar-refractivity contribution is 0.0695. The Morgan fingerprint density at radius 2 is 2.24 bits per heavy atom. The number of carboxylic acid groups (broad SMARTS) is 1. The van der Waals surface area contributed by atoms with Crippen molar-refractivity contribution < 1.29 is 9.90 Å². The quantitative estimate of drug-likeness (QED) is 0.831. The fraction of sp³-hybridized carbons (Fsp3) is 0.0909. The standard InChI is InChI=1S/C11H9N3O2S/c15-11(16)8-5-12-7-14-9(8)6-17-10-3-1-2-4-13-10/h1-5,7H,6H2,(H,15,16). The second-order valence-electron chi connectivity index (χ2n) is 3.14. The summed E-state index contributed by atoms with van der Waals surface area (Å²) >= 11 is 1.44. The van der Waals surface area contributed by atoms with Crippen molar-refractivity contribution in [1.29, 1.82) is 0 Å². The molecule has 0 atom stereocenters. The molecule has 5 nitrogen and oxygen atoms in total. The van der Waals surface area contributed by atoms with Crippen LogP contribution in [-0.4, -0.2) is 26.0 Å². The third-order valence-corrected chi connectivity index (χ3v) is 2.97. The molecule has 86 valence electrons. The van der Waals surface area contributed by atoms with Crippen molar-refractivity contribution in [2.75, 3.05) is 0 Å². The van der Waals surface area contributed by atoms with Gasteiger partial charge in [-0.25, -0.2) is 19.7 Å². The van der Waals surface area contributed by atoms with E-state index in [1.54, 1.807) is 6.20 Å². The highest BCUT2D eigenvalue weighted by molar-refractivity contribution is 7.98. The van der Waals surface area contributed by atoms with Crippen LogP contribution in [0.5, 0.6) is 0 Å². The van der Waals surface area contributed by atoms with Crippen LogP contribution in [-0.2, 0) is 5.75 Å². The van der Waals surface area contributed by atoms with E-state index in [1.807, 2.05) is 18.2 Å². The summed E-state index contributed by atoms with van der Waals surface area (Å²) in [6.07, 6.45) is 4.35. The Labute approximate surface area is 102 Å². The SMILES string of the molecule is O=C(O)c1cncnc1CSc1ccccn1. The Hall–Kier alpha value is -1.95. The first kappa shape index (κ1) is 11.5. The summed E-state index contributed by atoms with van der Waals surface area (Å²) in [6, 6.07) is 5.58. The summed E-state index contributed by atoms with van der Waals surface area (Å²) in [6.45, 7) is 0. The van der Waals surface area contributed by atoms with E-state index in [-0.39, 0.29) is 5.56 Å². The van der Waals surface area contributed by atoms with E-state index >= 15 is 0 Å². The molecule has 0 aliphatic carbocycles. The Bertz CT molecular complexity index is 519. The van der Waals surface area contributed by atoms with Crippen LogP contribution in [0.15, 0.2) is 41.9 Å². The molecule has 0 bridgehead atoms. The highest BCUT2D eigenvalue weighted by atomic mass is 32.2. The molecule has 17 heavy (non-hydrogen) atoms. The van der Waals surface area contributed by atoms with Gasteiger partial charge in [0.2, 0.25) is 0 Å². The fourth-order valence-electron chi connectivity index (χ4n) is 1.22. The van der Waals surface area contributed by atoms with Crippen LogP contribution in [0.25, 0.3) is 0 Å². The van der Waals surface area contributed by atoms with Crippen LogP contribution in [0.2, 0.25) is 0 Å². The van der Waals surface area contributed by atoms with Gasteiger partial charge in [0.1, 0.15) is 11.9 Å². The Kier molecular flexibility index (Phi) is 3.66. The lowest BCUT2D eigenvalue weighted by Crippen LogP contribution is -2.04. The van der Waals surface area contributed by atoms with Crippen LogP contribution in [0, 0.1) is 0 Å². The molecule has 0 amide bonds. The van der Waals surface area contributed by atoms with E-state index < -0.39 is 5.97 Å². The average molecular weight is 247 g/mol. The van der Waals surface area contributed by atoms with E-state index in [2.05, 4.69) is 15.0 Å². The number of aromatic carboxylic acids is 1. The number of carbonyl (C=O) groups is 1. The summed E-state index contributed by atoms with van der Waals surface area (Å²) < 4.78 is 0. The van der Waals surface area contributed by atoms with Gasteiger partial charge in [0.05, 0.1) is 10.7 Å². The second-order valence-corrected chi connectivity index (χ2v) is 4.14. The topological polar surface area (TPSA) is 76.0 Å². The number of carboxylic acids is 1. The molecule has 0 fully saturated rings. The molecule has 0 aliphatic heterocycles. The molecule has 0 aromatic carbocycles. The Balaban J connectivity index is 2.12. The van der Waals surface area contributed by atoms with Gasteiger partial charge in [-0.15, -0.1) is 11.8 Å². The Morgan fingerprint density at radius 3 is 2.94 bits per heavy atom. The molecule has 2 heterocycles. The molecule has 0 saturated carbocycles. The zero-order valence-electron chi connectivity index (χ0n) is 8.78. The van der Waals surface area contributed by atoms with Crippen LogP contribution >= 0.6 is 11.8 Å². The third kappa shape index (κ3) is 3.01. The van der Waals surface area contributed by atoms with E-state index in [0.29, 0.717) is 11.4 Å². The van der Waals surface area contributed by atoms with Gasteiger partial charge in [-0.3, -0.25) is 0 Å². The first-order valence-electron chi connectivity index (χ1n) is 4.83. The summed E-state index contributed by atoms with van der Waals surface area (Å²) in [5.41, 5.74) is 0.638. The van der Waals surface area contributed by atoms with E-state index in [9.17, 15) is 4.79 Å². The van der Waals surface area contributed by atoms with Gasteiger partial charge in [-0.05, 0) is 12.1 Å². The highest BCUT2D eigenvalue weighted by Gasteiger charge is 2.11. The smallest absolute Gasteiger partial charge is 0.339 e. The summed E-state index contributed by atoms with van der Waals surface area (Å²) in [5.74, 6) is -0.552. The van der Waals surface area contributed by atoms with Gasteiger partial charge >= 0.3 is 5.97 Å². The molecule has 0 spiro atoms. The molecule has 0 aliphatic rings. The normalized spacial score (nSPS) is 10.1. The number of pyridine rings is 1. The van der Waals surface area contributed by atoms with Crippen LogP contribution in [0.1, 0.15) is 16.1 Å². The summed E-state index contributed by atoms with van der Waals surface area (Å²) in [5, 5.41) is 9.79. The van der Waals surface area contributed by atoms with Crippen molar-refractivity contribution in [3.63, 3.8) is 0 Å². The van der Waals surface area contributed by atoms with Crippen LogP contribution in [0.4, 0.5) is 0 Å².